The zero-order chi connectivity index (χ0) is 10.2. The zero-order valence-electron chi connectivity index (χ0n) is 9.13. The molecule has 1 fully saturated rings. The summed E-state index contributed by atoms with van der Waals surface area (Å²) in [5.41, 5.74) is 0. The summed E-state index contributed by atoms with van der Waals surface area (Å²) < 4.78 is 0. The molecule has 14 heavy (non-hydrogen) atoms. The highest BCUT2D eigenvalue weighted by Gasteiger charge is 2.16. The van der Waals surface area contributed by atoms with Crippen LogP contribution in [-0.4, -0.2) is 37.1 Å². The second kappa shape index (κ2) is 6.80. The van der Waals surface area contributed by atoms with E-state index in [9.17, 15) is 0 Å². The lowest BCUT2D eigenvalue weighted by Gasteiger charge is -2.24. The number of hydrogen-bond acceptors (Lipinski definition) is 3. The third-order valence-corrected chi connectivity index (χ3v) is 2.72. The van der Waals surface area contributed by atoms with Gasteiger partial charge in [-0.3, -0.25) is 0 Å². The molecule has 1 atom stereocenters. The lowest BCUT2D eigenvalue weighted by molar-refractivity contribution is 0.255. The molecule has 1 rings (SSSR count). The number of rotatable bonds is 6. The molecule has 1 aliphatic heterocycles. The Bertz CT molecular complexity index is 179. The van der Waals surface area contributed by atoms with E-state index in [-0.39, 0.29) is 0 Å². The minimum absolute atomic E-state index is 0.659. The molecule has 0 aromatic heterocycles. The van der Waals surface area contributed by atoms with E-state index >= 15 is 0 Å². The average molecular weight is 195 g/mol. The fourth-order valence-corrected chi connectivity index (χ4v) is 2.04. The van der Waals surface area contributed by atoms with E-state index in [2.05, 4.69) is 23.2 Å². The van der Waals surface area contributed by atoms with E-state index < -0.39 is 0 Å². The van der Waals surface area contributed by atoms with Crippen LogP contribution in [0.25, 0.3) is 0 Å². The van der Waals surface area contributed by atoms with Crippen LogP contribution in [0.3, 0.4) is 0 Å². The van der Waals surface area contributed by atoms with E-state index in [1.165, 1.54) is 25.8 Å². The van der Waals surface area contributed by atoms with Crippen molar-refractivity contribution in [1.29, 1.82) is 5.26 Å². The SMILES string of the molecule is CCCN(CCC#N)CC1CCCN1. The van der Waals surface area contributed by atoms with Gasteiger partial charge >= 0.3 is 0 Å². The van der Waals surface area contributed by atoms with Crippen LogP contribution in [0.1, 0.15) is 32.6 Å². The van der Waals surface area contributed by atoms with Gasteiger partial charge in [-0.1, -0.05) is 6.92 Å². The first-order valence-corrected chi connectivity index (χ1v) is 5.69. The van der Waals surface area contributed by atoms with Crippen molar-refractivity contribution in [2.24, 2.45) is 0 Å². The molecule has 1 unspecified atom stereocenters. The molecule has 1 N–H and O–H groups in total. The molecule has 3 heteroatoms. The maximum absolute atomic E-state index is 8.55. The lowest BCUT2D eigenvalue weighted by atomic mass is 10.2. The van der Waals surface area contributed by atoms with Crippen LogP contribution in [0.4, 0.5) is 0 Å². The minimum atomic E-state index is 0.659. The summed E-state index contributed by atoms with van der Waals surface area (Å²) in [5.74, 6) is 0. The second-order valence-electron chi connectivity index (χ2n) is 4.00. The van der Waals surface area contributed by atoms with Gasteiger partial charge in [-0.15, -0.1) is 0 Å². The number of nitrogens with zero attached hydrogens (tertiary/aromatic N) is 2. The van der Waals surface area contributed by atoms with Crippen molar-refractivity contribution in [3.8, 4) is 6.07 Å². The predicted molar refractivity (Wildman–Crippen MR) is 58.0 cm³/mol. The number of hydrogen-bond donors (Lipinski definition) is 1. The Hall–Kier alpha value is -0.590. The van der Waals surface area contributed by atoms with Crippen LogP contribution in [0.5, 0.6) is 0 Å². The topological polar surface area (TPSA) is 39.1 Å². The van der Waals surface area contributed by atoms with Gasteiger partial charge in [-0.25, -0.2) is 0 Å². The van der Waals surface area contributed by atoms with Gasteiger partial charge < -0.3 is 10.2 Å². The van der Waals surface area contributed by atoms with E-state index in [1.807, 2.05) is 0 Å². The molecule has 0 radical (unpaired) electrons. The van der Waals surface area contributed by atoms with Crippen molar-refractivity contribution in [3.63, 3.8) is 0 Å². The molecule has 1 aliphatic rings. The van der Waals surface area contributed by atoms with Gasteiger partial charge in [-0.05, 0) is 32.4 Å². The molecular weight excluding hydrogens is 174 g/mol. The summed E-state index contributed by atoms with van der Waals surface area (Å²) in [6, 6.07) is 2.89. The van der Waals surface area contributed by atoms with Crippen molar-refractivity contribution in [2.75, 3.05) is 26.2 Å². The van der Waals surface area contributed by atoms with Gasteiger partial charge in [0.1, 0.15) is 0 Å². The Labute approximate surface area is 87.1 Å². The highest BCUT2D eigenvalue weighted by Crippen LogP contribution is 2.07. The molecule has 0 aromatic carbocycles. The zero-order valence-corrected chi connectivity index (χ0v) is 9.13. The van der Waals surface area contributed by atoms with Crippen LogP contribution in [-0.2, 0) is 0 Å². The first-order valence-electron chi connectivity index (χ1n) is 5.69. The molecule has 0 amide bonds. The molecule has 3 nitrogen and oxygen atoms in total. The van der Waals surface area contributed by atoms with Crippen LogP contribution in [0.2, 0.25) is 0 Å². The Balaban J connectivity index is 2.22. The summed E-state index contributed by atoms with van der Waals surface area (Å²) in [7, 11) is 0. The molecular formula is C11H21N3. The molecule has 80 valence electrons. The first-order chi connectivity index (χ1) is 6.86. The Kier molecular flexibility index (Phi) is 5.58. The maximum atomic E-state index is 8.55. The van der Waals surface area contributed by atoms with Gasteiger partial charge in [0, 0.05) is 25.6 Å². The number of nitrogens with one attached hydrogen (secondary N) is 1. The van der Waals surface area contributed by atoms with E-state index in [0.717, 1.165) is 19.6 Å². The highest BCUT2D eigenvalue weighted by molar-refractivity contribution is 4.79. The molecule has 0 saturated carbocycles. The van der Waals surface area contributed by atoms with E-state index in [1.54, 1.807) is 0 Å². The third-order valence-electron chi connectivity index (χ3n) is 2.72. The fourth-order valence-electron chi connectivity index (χ4n) is 2.04. The van der Waals surface area contributed by atoms with Crippen molar-refractivity contribution in [2.45, 2.75) is 38.6 Å². The Morgan fingerprint density at radius 1 is 1.50 bits per heavy atom. The lowest BCUT2D eigenvalue weighted by Crippen LogP contribution is -2.38. The maximum Gasteiger partial charge on any atom is 0.0635 e. The molecule has 1 heterocycles. The monoisotopic (exact) mass is 195 g/mol. The van der Waals surface area contributed by atoms with Crippen LogP contribution < -0.4 is 5.32 Å². The van der Waals surface area contributed by atoms with Crippen LogP contribution in [0.15, 0.2) is 0 Å². The normalized spacial score (nSPS) is 21.4. The third kappa shape index (κ3) is 4.08. The quantitative estimate of drug-likeness (QED) is 0.695. The largest absolute Gasteiger partial charge is 0.313 e. The van der Waals surface area contributed by atoms with Gasteiger partial charge in [0.05, 0.1) is 6.07 Å². The standard InChI is InChI=1S/C11H21N3/c1-2-8-14(9-4-6-12)10-11-5-3-7-13-11/h11,13H,2-5,7-10H2,1H3. The van der Waals surface area contributed by atoms with Crippen LogP contribution in [0, 0.1) is 11.3 Å². The van der Waals surface area contributed by atoms with Crippen LogP contribution >= 0.6 is 0 Å². The van der Waals surface area contributed by atoms with Crippen molar-refractivity contribution >= 4 is 0 Å². The van der Waals surface area contributed by atoms with Crippen molar-refractivity contribution < 1.29 is 0 Å². The highest BCUT2D eigenvalue weighted by atomic mass is 15.1. The Morgan fingerprint density at radius 3 is 2.93 bits per heavy atom. The van der Waals surface area contributed by atoms with Crippen molar-refractivity contribution in [3.05, 3.63) is 0 Å². The summed E-state index contributed by atoms with van der Waals surface area (Å²) in [6.45, 7) is 6.54. The van der Waals surface area contributed by atoms with E-state index in [4.69, 9.17) is 5.26 Å². The summed E-state index contributed by atoms with van der Waals surface area (Å²) in [6.07, 6.45) is 4.44. The molecule has 0 bridgehead atoms. The van der Waals surface area contributed by atoms with Gasteiger partial charge in [0.15, 0.2) is 0 Å². The smallest absolute Gasteiger partial charge is 0.0635 e. The number of nitriles is 1. The minimum Gasteiger partial charge on any atom is -0.313 e. The summed E-state index contributed by atoms with van der Waals surface area (Å²) in [4.78, 5) is 2.41. The average Bonchev–Trinajstić information content (AvgIpc) is 2.67. The van der Waals surface area contributed by atoms with Gasteiger partial charge in [-0.2, -0.15) is 5.26 Å². The molecule has 0 spiro atoms. The molecule has 0 aliphatic carbocycles. The molecule has 0 aromatic rings. The van der Waals surface area contributed by atoms with Crippen molar-refractivity contribution in [1.82, 2.24) is 10.2 Å². The Morgan fingerprint density at radius 2 is 2.36 bits per heavy atom. The fraction of sp³-hybridized carbons (Fsp3) is 0.909. The second-order valence-corrected chi connectivity index (χ2v) is 4.00. The predicted octanol–water partition coefficient (Wildman–Crippen LogP) is 1.36. The van der Waals surface area contributed by atoms with E-state index in [0.29, 0.717) is 12.5 Å². The summed E-state index contributed by atoms with van der Waals surface area (Å²) in [5, 5.41) is 12.0. The first kappa shape index (κ1) is 11.5. The van der Waals surface area contributed by atoms with Gasteiger partial charge in [0.25, 0.3) is 0 Å². The van der Waals surface area contributed by atoms with Gasteiger partial charge in [0.2, 0.25) is 0 Å². The summed E-state index contributed by atoms with van der Waals surface area (Å²) >= 11 is 0. The molecule has 1 saturated heterocycles.